The Labute approximate surface area is 207 Å². The lowest BCUT2D eigenvalue weighted by Crippen LogP contribution is -2.57. The summed E-state index contributed by atoms with van der Waals surface area (Å²) in [5.41, 5.74) is 2.45. The lowest BCUT2D eigenvalue weighted by atomic mass is 9.91. The van der Waals surface area contributed by atoms with Crippen molar-refractivity contribution < 1.29 is 14.3 Å². The molecule has 0 unspecified atom stereocenters. The van der Waals surface area contributed by atoms with E-state index in [1.807, 2.05) is 21.9 Å². The molecule has 3 heterocycles. The van der Waals surface area contributed by atoms with Crippen molar-refractivity contribution in [2.75, 3.05) is 39.8 Å². The first-order chi connectivity index (χ1) is 16.2. The molecule has 2 aliphatic heterocycles. The van der Waals surface area contributed by atoms with Crippen molar-refractivity contribution in [1.29, 1.82) is 0 Å². The number of nitrogens with zero attached hydrogens (tertiary/aromatic N) is 3. The summed E-state index contributed by atoms with van der Waals surface area (Å²) in [4.78, 5) is 33.8. The molecule has 0 aliphatic carbocycles. The molecule has 4 rings (SSSR count). The van der Waals surface area contributed by atoms with Crippen molar-refractivity contribution in [3.63, 3.8) is 0 Å². The average Bonchev–Trinajstić information content (AvgIpc) is 3.26. The van der Waals surface area contributed by atoms with Gasteiger partial charge in [-0.25, -0.2) is 0 Å². The smallest absolute Gasteiger partial charge is 0.236 e. The van der Waals surface area contributed by atoms with E-state index in [1.165, 1.54) is 16.0 Å². The van der Waals surface area contributed by atoms with Crippen molar-refractivity contribution >= 4 is 23.2 Å². The zero-order chi connectivity index (χ0) is 24.5. The molecule has 1 fully saturated rings. The first kappa shape index (κ1) is 24.7. The summed E-state index contributed by atoms with van der Waals surface area (Å²) in [6, 6.07) is 10.5. The number of piperazine rings is 1. The number of carbonyl (C=O) groups excluding carboxylic acids is 2. The second kappa shape index (κ2) is 10.1. The highest BCUT2D eigenvalue weighted by Crippen LogP contribution is 2.38. The van der Waals surface area contributed by atoms with E-state index in [2.05, 4.69) is 56.2 Å². The van der Waals surface area contributed by atoms with Gasteiger partial charge in [-0.15, -0.1) is 11.3 Å². The van der Waals surface area contributed by atoms with Crippen molar-refractivity contribution in [2.24, 2.45) is 5.41 Å². The number of rotatable bonds is 5. The van der Waals surface area contributed by atoms with Crippen LogP contribution in [0.25, 0.3) is 0 Å². The summed E-state index contributed by atoms with van der Waals surface area (Å²) in [6.45, 7) is 11.4. The average molecular weight is 484 g/mol. The number of ether oxygens (including phenoxy) is 1. The first-order valence-electron chi connectivity index (χ1n) is 12.2. The third kappa shape index (κ3) is 5.47. The van der Waals surface area contributed by atoms with Crippen LogP contribution in [0.4, 0.5) is 0 Å². The van der Waals surface area contributed by atoms with Crippen LogP contribution in [-0.2, 0) is 16.0 Å². The van der Waals surface area contributed by atoms with Crippen molar-refractivity contribution in [2.45, 2.75) is 52.6 Å². The largest absolute Gasteiger partial charge is 0.497 e. The molecule has 184 valence electrons. The summed E-state index contributed by atoms with van der Waals surface area (Å²) in [6.07, 6.45) is 1.50. The molecule has 1 aromatic carbocycles. The normalized spacial score (nSPS) is 21.3. The van der Waals surface area contributed by atoms with E-state index in [0.29, 0.717) is 32.6 Å². The summed E-state index contributed by atoms with van der Waals surface area (Å²) in [7, 11) is 1.68. The van der Waals surface area contributed by atoms with Gasteiger partial charge in [0.2, 0.25) is 11.8 Å². The highest BCUT2D eigenvalue weighted by molar-refractivity contribution is 7.10. The quantitative estimate of drug-likeness (QED) is 0.640. The third-order valence-corrected chi connectivity index (χ3v) is 7.81. The number of carbonyl (C=O) groups is 2. The first-order valence-corrected chi connectivity index (χ1v) is 13.1. The van der Waals surface area contributed by atoms with Gasteiger partial charge in [-0.05, 0) is 53.5 Å². The molecular weight excluding hydrogens is 446 g/mol. The van der Waals surface area contributed by atoms with Crippen LogP contribution >= 0.6 is 11.3 Å². The Hall–Kier alpha value is -2.38. The minimum Gasteiger partial charge on any atom is -0.497 e. The number of benzene rings is 1. The van der Waals surface area contributed by atoms with Crippen molar-refractivity contribution in [3.8, 4) is 5.75 Å². The van der Waals surface area contributed by atoms with Gasteiger partial charge in [0.15, 0.2) is 0 Å². The molecule has 0 radical (unpaired) electrons. The molecule has 6 nitrogen and oxygen atoms in total. The van der Waals surface area contributed by atoms with E-state index < -0.39 is 0 Å². The fourth-order valence-corrected chi connectivity index (χ4v) is 6.00. The Bertz CT molecular complexity index is 1010. The fraction of sp³-hybridized carbons (Fsp3) is 0.556. The van der Waals surface area contributed by atoms with Crippen molar-refractivity contribution in [1.82, 2.24) is 14.7 Å². The third-order valence-electron chi connectivity index (χ3n) is 6.82. The standard InChI is InChI=1S/C27H37N3O3S/c1-19-17-28(13-14-30(19)24(31)16-27(2,3)4)25(32)18-29-12-10-23-22(11-15-34-23)26(29)20-6-8-21(33-5)9-7-20/h6-9,11,15,19,26H,10,12-14,16-18H2,1-5H3/t19-,26-/m0/s1. The summed E-state index contributed by atoms with van der Waals surface area (Å²) >= 11 is 1.80. The summed E-state index contributed by atoms with van der Waals surface area (Å²) < 4.78 is 5.34. The molecule has 0 spiro atoms. The van der Waals surface area contributed by atoms with Crippen LogP contribution in [0.15, 0.2) is 35.7 Å². The molecule has 34 heavy (non-hydrogen) atoms. The van der Waals surface area contributed by atoms with Gasteiger partial charge >= 0.3 is 0 Å². The molecule has 2 amide bonds. The van der Waals surface area contributed by atoms with E-state index in [9.17, 15) is 9.59 Å². The van der Waals surface area contributed by atoms with Crippen LogP contribution in [0.3, 0.4) is 0 Å². The van der Waals surface area contributed by atoms with Crippen LogP contribution in [0.5, 0.6) is 5.75 Å². The minimum atomic E-state index is -0.0327. The molecule has 2 atom stereocenters. The second-order valence-electron chi connectivity index (χ2n) is 10.7. The maximum atomic E-state index is 13.4. The van der Waals surface area contributed by atoms with Crippen molar-refractivity contribution in [3.05, 3.63) is 51.7 Å². The number of amides is 2. The van der Waals surface area contributed by atoms with E-state index in [1.54, 1.807) is 18.4 Å². The van der Waals surface area contributed by atoms with Crippen LogP contribution in [0.1, 0.15) is 56.2 Å². The SMILES string of the molecule is COc1ccc([C@H]2c3ccsc3CCN2CC(=O)N2CCN(C(=O)CC(C)(C)C)[C@@H](C)C2)cc1. The van der Waals surface area contributed by atoms with Crippen LogP contribution in [0.2, 0.25) is 0 Å². The van der Waals surface area contributed by atoms with E-state index in [4.69, 9.17) is 4.74 Å². The number of hydrogen-bond acceptors (Lipinski definition) is 5. The van der Waals surface area contributed by atoms with Gasteiger partial charge in [-0.1, -0.05) is 32.9 Å². The summed E-state index contributed by atoms with van der Waals surface area (Å²) in [5.74, 6) is 1.17. The van der Waals surface area contributed by atoms with Gasteiger partial charge in [0.05, 0.1) is 19.7 Å². The zero-order valence-corrected chi connectivity index (χ0v) is 21.9. The Balaban J connectivity index is 1.45. The van der Waals surface area contributed by atoms with Gasteiger partial charge in [-0.2, -0.15) is 0 Å². The Morgan fingerprint density at radius 2 is 1.79 bits per heavy atom. The highest BCUT2D eigenvalue weighted by atomic mass is 32.1. The molecular formula is C27H37N3O3S. The second-order valence-corrected chi connectivity index (χ2v) is 11.7. The van der Waals surface area contributed by atoms with Crippen LogP contribution in [0, 0.1) is 5.41 Å². The van der Waals surface area contributed by atoms with Gasteiger partial charge in [-0.3, -0.25) is 14.5 Å². The minimum absolute atomic E-state index is 0.0327. The maximum absolute atomic E-state index is 13.4. The molecule has 0 bridgehead atoms. The topological polar surface area (TPSA) is 53.1 Å². The van der Waals surface area contributed by atoms with Gasteiger partial charge in [0.1, 0.15) is 5.75 Å². The van der Waals surface area contributed by atoms with Crippen LogP contribution in [-0.4, -0.2) is 72.4 Å². The number of methoxy groups -OCH3 is 1. The molecule has 1 aromatic heterocycles. The molecule has 0 saturated carbocycles. The van der Waals surface area contributed by atoms with E-state index in [0.717, 1.165) is 18.7 Å². The fourth-order valence-electron chi connectivity index (χ4n) is 5.10. The maximum Gasteiger partial charge on any atom is 0.236 e. The highest BCUT2D eigenvalue weighted by Gasteiger charge is 2.35. The molecule has 2 aliphatic rings. The number of thiophene rings is 1. The van der Waals surface area contributed by atoms with Gasteiger partial charge in [0.25, 0.3) is 0 Å². The lowest BCUT2D eigenvalue weighted by Gasteiger charge is -2.42. The number of hydrogen-bond donors (Lipinski definition) is 0. The molecule has 7 heteroatoms. The predicted octanol–water partition coefficient (Wildman–Crippen LogP) is 4.20. The van der Waals surface area contributed by atoms with E-state index in [-0.39, 0.29) is 29.3 Å². The predicted molar refractivity (Wildman–Crippen MR) is 136 cm³/mol. The summed E-state index contributed by atoms with van der Waals surface area (Å²) in [5, 5.41) is 2.15. The lowest BCUT2D eigenvalue weighted by molar-refractivity contribution is -0.144. The van der Waals surface area contributed by atoms with Crippen LogP contribution < -0.4 is 4.74 Å². The Kier molecular flexibility index (Phi) is 7.33. The van der Waals surface area contributed by atoms with Gasteiger partial charge in [0, 0.05) is 43.5 Å². The zero-order valence-electron chi connectivity index (χ0n) is 21.0. The monoisotopic (exact) mass is 483 g/mol. The van der Waals surface area contributed by atoms with E-state index >= 15 is 0 Å². The van der Waals surface area contributed by atoms with Gasteiger partial charge < -0.3 is 14.5 Å². The Morgan fingerprint density at radius 1 is 1.06 bits per heavy atom. The number of fused-ring (bicyclic) bond motifs is 1. The molecule has 2 aromatic rings. The molecule has 0 N–H and O–H groups in total. The Morgan fingerprint density at radius 3 is 2.44 bits per heavy atom. The molecule has 1 saturated heterocycles.